The number of nitrogens with zero attached hydrogens (tertiary/aromatic N) is 1. The molecule has 7 nitrogen and oxygen atoms in total. The van der Waals surface area contributed by atoms with Crippen molar-refractivity contribution in [1.82, 2.24) is 5.32 Å². The van der Waals surface area contributed by atoms with Crippen molar-refractivity contribution in [2.24, 2.45) is 0 Å². The van der Waals surface area contributed by atoms with Gasteiger partial charge in [-0.3, -0.25) is 4.79 Å². The van der Waals surface area contributed by atoms with Crippen LogP contribution in [0.3, 0.4) is 0 Å². The SMILES string of the molecule is COc1ccc(Cl)cc1C(=O)NCCc1ccc(-c2ccc(C(=O)O)cc2[N+](C)=O)cc1. The second-order valence-electron chi connectivity index (χ2n) is 7.08. The third kappa shape index (κ3) is 5.31. The molecule has 0 radical (unpaired) electrons. The maximum absolute atomic E-state index is 12.5. The van der Waals surface area contributed by atoms with Crippen molar-refractivity contribution >= 4 is 29.2 Å². The Balaban J connectivity index is 1.68. The number of carboxylic acids is 1. The predicted octanol–water partition coefficient (Wildman–Crippen LogP) is 4.73. The van der Waals surface area contributed by atoms with Crippen LogP contribution in [0.2, 0.25) is 5.02 Å². The quantitative estimate of drug-likeness (QED) is 0.481. The Bertz CT molecular complexity index is 1180. The Morgan fingerprint density at radius 3 is 2.41 bits per heavy atom. The highest BCUT2D eigenvalue weighted by Crippen LogP contribution is 2.31. The van der Waals surface area contributed by atoms with Crippen molar-refractivity contribution in [3.8, 4) is 16.9 Å². The molecule has 0 aliphatic heterocycles. The summed E-state index contributed by atoms with van der Waals surface area (Å²) in [6.45, 7) is 0.412. The van der Waals surface area contributed by atoms with E-state index in [4.69, 9.17) is 21.4 Å². The van der Waals surface area contributed by atoms with Gasteiger partial charge in [0.15, 0.2) is 7.05 Å². The smallest absolute Gasteiger partial charge is 0.335 e. The van der Waals surface area contributed by atoms with E-state index in [9.17, 15) is 14.5 Å². The zero-order chi connectivity index (χ0) is 23.3. The molecule has 0 aliphatic carbocycles. The van der Waals surface area contributed by atoms with Gasteiger partial charge in [-0.15, -0.1) is 0 Å². The summed E-state index contributed by atoms with van der Waals surface area (Å²) in [6, 6.07) is 16.8. The van der Waals surface area contributed by atoms with Gasteiger partial charge in [0, 0.05) is 27.3 Å². The van der Waals surface area contributed by atoms with Crippen LogP contribution in [0.15, 0.2) is 60.7 Å². The molecule has 32 heavy (non-hydrogen) atoms. The van der Waals surface area contributed by atoms with E-state index in [1.54, 1.807) is 24.3 Å². The first-order chi connectivity index (χ1) is 15.3. The molecule has 164 valence electrons. The molecule has 0 fully saturated rings. The number of rotatable bonds is 8. The molecule has 0 heterocycles. The average molecular weight is 454 g/mol. The normalized spacial score (nSPS) is 10.5. The van der Waals surface area contributed by atoms with Crippen LogP contribution in [0.4, 0.5) is 5.69 Å². The Hall–Kier alpha value is -3.71. The predicted molar refractivity (Wildman–Crippen MR) is 122 cm³/mol. The number of ether oxygens (including phenoxy) is 1. The summed E-state index contributed by atoms with van der Waals surface area (Å²) in [4.78, 5) is 35.6. The molecule has 0 saturated heterocycles. The van der Waals surface area contributed by atoms with Crippen LogP contribution in [0.25, 0.3) is 11.1 Å². The lowest BCUT2D eigenvalue weighted by molar-refractivity contribution is -0.427. The number of aromatic carboxylic acids is 1. The number of halogens is 1. The highest BCUT2D eigenvalue weighted by molar-refractivity contribution is 6.31. The van der Waals surface area contributed by atoms with Crippen LogP contribution in [-0.4, -0.2) is 42.4 Å². The minimum absolute atomic E-state index is 0.0511. The minimum atomic E-state index is -1.09. The first-order valence-electron chi connectivity index (χ1n) is 9.79. The number of nitrogens with one attached hydrogen (secondary N) is 1. The monoisotopic (exact) mass is 453 g/mol. The molecule has 1 amide bonds. The van der Waals surface area contributed by atoms with Gasteiger partial charge in [0.1, 0.15) is 5.75 Å². The number of carbonyl (C=O) groups excluding carboxylic acids is 1. The average Bonchev–Trinajstić information content (AvgIpc) is 2.79. The number of methoxy groups -OCH3 is 1. The first kappa shape index (κ1) is 23.0. The Kier molecular flexibility index (Phi) is 7.22. The first-order valence-corrected chi connectivity index (χ1v) is 10.2. The fourth-order valence-electron chi connectivity index (χ4n) is 3.29. The maximum Gasteiger partial charge on any atom is 0.335 e. The van der Waals surface area contributed by atoms with Gasteiger partial charge in [-0.05, 0) is 47.9 Å². The third-order valence-corrected chi connectivity index (χ3v) is 5.19. The fourth-order valence-corrected chi connectivity index (χ4v) is 3.47. The summed E-state index contributed by atoms with van der Waals surface area (Å²) in [5, 5.41) is 12.5. The second-order valence-corrected chi connectivity index (χ2v) is 7.52. The van der Waals surface area contributed by atoms with E-state index in [-0.39, 0.29) is 17.2 Å². The van der Waals surface area contributed by atoms with Crippen LogP contribution in [0.5, 0.6) is 5.75 Å². The molecule has 3 aromatic carbocycles. The number of hydrogen-bond donors (Lipinski definition) is 2. The molecule has 0 aromatic heterocycles. The molecule has 0 aliphatic rings. The zero-order valence-corrected chi connectivity index (χ0v) is 18.3. The summed E-state index contributed by atoms with van der Waals surface area (Å²) < 4.78 is 5.86. The molecule has 2 N–H and O–H groups in total. The van der Waals surface area contributed by atoms with Gasteiger partial charge in [-0.25, -0.2) is 4.79 Å². The largest absolute Gasteiger partial charge is 0.496 e. The van der Waals surface area contributed by atoms with E-state index in [2.05, 4.69) is 5.32 Å². The Labute approximate surface area is 190 Å². The van der Waals surface area contributed by atoms with Gasteiger partial charge in [0.25, 0.3) is 11.6 Å². The van der Waals surface area contributed by atoms with Crippen LogP contribution in [-0.2, 0) is 6.42 Å². The van der Waals surface area contributed by atoms with Gasteiger partial charge in [-0.1, -0.05) is 35.9 Å². The van der Waals surface area contributed by atoms with Gasteiger partial charge < -0.3 is 15.2 Å². The van der Waals surface area contributed by atoms with E-state index in [1.165, 1.54) is 26.3 Å². The summed E-state index contributed by atoms with van der Waals surface area (Å²) in [5.41, 5.74) is 3.12. The van der Waals surface area contributed by atoms with E-state index in [0.717, 1.165) is 11.1 Å². The van der Waals surface area contributed by atoms with Crippen LogP contribution in [0.1, 0.15) is 26.3 Å². The second kappa shape index (κ2) is 10.1. The van der Waals surface area contributed by atoms with E-state index in [0.29, 0.717) is 39.6 Å². The summed E-state index contributed by atoms with van der Waals surface area (Å²) >= 11 is 5.98. The number of carboxylic acid groups (broad SMARTS) is 1. The van der Waals surface area contributed by atoms with E-state index in [1.807, 2.05) is 24.3 Å². The summed E-state index contributed by atoms with van der Waals surface area (Å²) in [5.74, 6) is -0.917. The van der Waals surface area contributed by atoms with Gasteiger partial charge in [0.2, 0.25) is 0 Å². The lowest BCUT2D eigenvalue weighted by Gasteiger charge is -2.10. The number of amides is 1. The highest BCUT2D eigenvalue weighted by atomic mass is 35.5. The van der Waals surface area contributed by atoms with Gasteiger partial charge in [-0.2, -0.15) is 0 Å². The molecule has 0 atom stereocenters. The number of carbonyl (C=O) groups is 2. The Morgan fingerprint density at radius 1 is 1.06 bits per heavy atom. The molecule has 3 rings (SSSR count). The van der Waals surface area contributed by atoms with Crippen molar-refractivity contribution in [3.05, 3.63) is 87.3 Å². The lowest BCUT2D eigenvalue weighted by Crippen LogP contribution is -2.26. The van der Waals surface area contributed by atoms with Crippen LogP contribution >= 0.6 is 11.6 Å². The van der Waals surface area contributed by atoms with Gasteiger partial charge >= 0.3 is 5.97 Å². The summed E-state index contributed by atoms with van der Waals surface area (Å²) in [7, 11) is 2.82. The molecular weight excluding hydrogens is 432 g/mol. The maximum atomic E-state index is 12.5. The highest BCUT2D eigenvalue weighted by Gasteiger charge is 2.19. The van der Waals surface area contributed by atoms with Crippen molar-refractivity contribution < 1.29 is 24.2 Å². The van der Waals surface area contributed by atoms with E-state index < -0.39 is 5.97 Å². The molecule has 3 aromatic rings. The third-order valence-electron chi connectivity index (χ3n) is 4.95. The van der Waals surface area contributed by atoms with Crippen molar-refractivity contribution in [1.29, 1.82) is 0 Å². The topological polar surface area (TPSA) is 95.7 Å². The van der Waals surface area contributed by atoms with Crippen molar-refractivity contribution in [2.75, 3.05) is 20.7 Å². The molecule has 0 bridgehead atoms. The van der Waals surface area contributed by atoms with Crippen molar-refractivity contribution in [2.45, 2.75) is 6.42 Å². The number of benzene rings is 3. The Morgan fingerprint density at radius 2 is 1.78 bits per heavy atom. The standard InChI is InChI=1S/C24H21ClN2O5/c1-27(31)21-13-17(24(29)30)7-9-19(21)16-5-3-15(4-6-16)11-12-26-23(28)20-14-18(25)8-10-22(20)32-2/h3-10,13-14H,11-12H2,1-2H3,(H-,26,28,29,30)/p+1. The summed E-state index contributed by atoms with van der Waals surface area (Å²) in [6.07, 6.45) is 0.598. The van der Waals surface area contributed by atoms with E-state index >= 15 is 0 Å². The molecule has 0 saturated carbocycles. The fraction of sp³-hybridized carbons (Fsp3) is 0.167. The number of nitroso groups, excluding NO2 is 1. The minimum Gasteiger partial charge on any atom is -0.496 e. The molecule has 8 heteroatoms. The van der Waals surface area contributed by atoms with Crippen LogP contribution < -0.4 is 10.1 Å². The molecule has 0 spiro atoms. The van der Waals surface area contributed by atoms with Crippen LogP contribution in [0, 0.1) is 4.91 Å². The molecule has 0 unspecified atom stereocenters. The number of hydrogen-bond acceptors (Lipinski definition) is 4. The van der Waals surface area contributed by atoms with Gasteiger partial charge in [0.05, 0.1) is 23.8 Å². The lowest BCUT2D eigenvalue weighted by atomic mass is 9.99. The zero-order valence-electron chi connectivity index (χ0n) is 17.6. The molecular formula is C24H22ClN2O5+. The van der Waals surface area contributed by atoms with Crippen molar-refractivity contribution in [3.63, 3.8) is 0 Å².